The maximum Gasteiger partial charge on any atom is 0.322 e. The quantitative estimate of drug-likeness (QED) is 0.305. The lowest BCUT2D eigenvalue weighted by atomic mass is 9.93. The molecule has 0 aliphatic carbocycles. The number of carbonyl (C=O) groups excluding carboxylic acids is 3. The molecule has 1 saturated heterocycles. The predicted molar refractivity (Wildman–Crippen MR) is 44.6 cm³/mol. The van der Waals surface area contributed by atoms with Crippen molar-refractivity contribution in [3.63, 3.8) is 0 Å². The number of esters is 1. The summed E-state index contributed by atoms with van der Waals surface area (Å²) in [6.45, 7) is 0.110. The molecule has 0 spiro atoms. The first kappa shape index (κ1) is 9.92. The van der Waals surface area contributed by atoms with Crippen LogP contribution in [0.3, 0.4) is 0 Å². The van der Waals surface area contributed by atoms with Gasteiger partial charge in [0.2, 0.25) is 0 Å². The van der Waals surface area contributed by atoms with Crippen LogP contribution in [0.4, 0.5) is 0 Å². The minimum Gasteiger partial charge on any atom is -0.468 e. The molecule has 0 aromatic carbocycles. The highest BCUT2D eigenvalue weighted by Gasteiger charge is 2.36. The summed E-state index contributed by atoms with van der Waals surface area (Å²) in [6, 6.07) is -0.623. The van der Waals surface area contributed by atoms with Crippen LogP contribution in [0.25, 0.3) is 0 Å². The van der Waals surface area contributed by atoms with E-state index < -0.39 is 12.0 Å². The number of rotatable bonds is 3. The van der Waals surface area contributed by atoms with Crippen LogP contribution in [-0.2, 0) is 19.1 Å². The van der Waals surface area contributed by atoms with E-state index in [-0.39, 0.29) is 18.7 Å². The Morgan fingerprint density at radius 1 is 1.77 bits per heavy atom. The zero-order valence-electron chi connectivity index (χ0n) is 7.23. The first-order valence-electron chi connectivity index (χ1n) is 3.83. The molecule has 13 heavy (non-hydrogen) atoms. The highest BCUT2D eigenvalue weighted by Crippen LogP contribution is 2.13. The predicted octanol–water partition coefficient (Wildman–Crippen LogP) is -1.39. The summed E-state index contributed by atoms with van der Waals surface area (Å²) in [5.74, 6) is -0.544. The third-order valence-electron chi connectivity index (χ3n) is 1.91. The van der Waals surface area contributed by atoms with Crippen LogP contribution in [-0.4, -0.2) is 49.9 Å². The second kappa shape index (κ2) is 4.18. The molecule has 0 amide bonds. The molecule has 0 aromatic heterocycles. The van der Waals surface area contributed by atoms with Gasteiger partial charge in [0.25, 0.3) is 7.41 Å². The fraction of sp³-hybridized carbons (Fsp3) is 0.571. The second-order valence-electron chi connectivity index (χ2n) is 2.74. The van der Waals surface area contributed by atoms with Gasteiger partial charge in [0.15, 0.2) is 0 Å². The van der Waals surface area contributed by atoms with Gasteiger partial charge < -0.3 is 14.3 Å². The molecule has 69 valence electrons. The van der Waals surface area contributed by atoms with Gasteiger partial charge >= 0.3 is 5.97 Å². The largest absolute Gasteiger partial charge is 0.468 e. The van der Waals surface area contributed by atoms with Crippen LogP contribution in [0.1, 0.15) is 6.42 Å². The van der Waals surface area contributed by atoms with Crippen LogP contribution in [0.5, 0.6) is 0 Å². The molecule has 1 heterocycles. The number of methoxy groups -OCH3 is 1. The molecule has 0 N–H and O–H groups in total. The van der Waals surface area contributed by atoms with Crippen molar-refractivity contribution in [2.24, 2.45) is 0 Å². The summed E-state index contributed by atoms with van der Waals surface area (Å²) in [4.78, 5) is 33.6. The minimum atomic E-state index is -0.623. The molecular weight excluding hydrogens is 173 g/mol. The fourth-order valence-electron chi connectivity index (χ4n) is 1.30. The van der Waals surface area contributed by atoms with Crippen molar-refractivity contribution >= 4 is 25.4 Å². The lowest BCUT2D eigenvalue weighted by Crippen LogP contribution is -2.39. The Morgan fingerprint density at radius 2 is 2.46 bits per heavy atom. The SMILES string of the molecule is COC(=O)[C@@H]1CC(=O)CN1[B]C=O. The third kappa shape index (κ3) is 2.15. The Kier molecular flexibility index (Phi) is 3.19. The van der Waals surface area contributed by atoms with Gasteiger partial charge in [-0.2, -0.15) is 0 Å². The summed E-state index contributed by atoms with van der Waals surface area (Å²) in [7, 11) is 2.44. The Hall–Kier alpha value is -1.17. The zero-order chi connectivity index (χ0) is 9.84. The maximum atomic E-state index is 11.1. The molecule has 1 fully saturated rings. The van der Waals surface area contributed by atoms with Crippen LogP contribution in [0.2, 0.25) is 0 Å². The molecule has 1 atom stereocenters. The average molecular weight is 182 g/mol. The number of Topliss-reactive ketones (excluding diaryl/α,β-unsaturated/α-hetero) is 1. The fourth-order valence-corrected chi connectivity index (χ4v) is 1.30. The van der Waals surface area contributed by atoms with Gasteiger partial charge in [-0.1, -0.05) is 0 Å². The smallest absolute Gasteiger partial charge is 0.322 e. The molecule has 0 bridgehead atoms. The van der Waals surface area contributed by atoms with E-state index in [0.717, 1.165) is 0 Å². The summed E-state index contributed by atoms with van der Waals surface area (Å²) in [6.07, 6.45) is 0.672. The molecule has 0 aromatic rings. The summed E-state index contributed by atoms with van der Waals surface area (Å²) >= 11 is 0. The molecule has 0 unspecified atom stereocenters. The molecule has 1 rings (SSSR count). The number of ketones is 1. The van der Waals surface area contributed by atoms with Gasteiger partial charge in [-0.25, -0.2) is 0 Å². The lowest BCUT2D eigenvalue weighted by Gasteiger charge is -2.17. The van der Waals surface area contributed by atoms with Crippen molar-refractivity contribution in [1.29, 1.82) is 0 Å². The Bertz CT molecular complexity index is 243. The van der Waals surface area contributed by atoms with Crippen molar-refractivity contribution < 1.29 is 19.1 Å². The van der Waals surface area contributed by atoms with Crippen LogP contribution < -0.4 is 0 Å². The minimum absolute atomic E-state index is 0.0616. The average Bonchev–Trinajstić information content (AvgIpc) is 2.46. The summed E-state index contributed by atoms with van der Waals surface area (Å²) in [5, 5.41) is 0. The molecule has 0 saturated carbocycles. The number of hydrogen-bond donors (Lipinski definition) is 0. The third-order valence-corrected chi connectivity index (χ3v) is 1.91. The first-order valence-corrected chi connectivity index (χ1v) is 3.83. The van der Waals surface area contributed by atoms with E-state index in [0.29, 0.717) is 6.19 Å². The van der Waals surface area contributed by atoms with Gasteiger partial charge in [0.05, 0.1) is 13.3 Å². The highest BCUT2D eigenvalue weighted by atomic mass is 16.5. The van der Waals surface area contributed by atoms with E-state index in [4.69, 9.17) is 0 Å². The summed E-state index contributed by atoms with van der Waals surface area (Å²) < 4.78 is 4.49. The molecular formula is C7H9BNO4. The van der Waals surface area contributed by atoms with Crippen LogP contribution in [0, 0.1) is 0 Å². The number of carbonyl (C=O) groups is 3. The van der Waals surface area contributed by atoms with E-state index in [9.17, 15) is 14.4 Å². The van der Waals surface area contributed by atoms with Crippen molar-refractivity contribution in [1.82, 2.24) is 4.81 Å². The normalized spacial score (nSPS) is 22.8. The number of hydrogen-bond acceptors (Lipinski definition) is 5. The van der Waals surface area contributed by atoms with Gasteiger partial charge in [-0.05, 0) is 0 Å². The first-order chi connectivity index (χ1) is 6.19. The monoisotopic (exact) mass is 182 g/mol. The molecule has 1 aliphatic heterocycles. The van der Waals surface area contributed by atoms with Crippen molar-refractivity contribution in [2.75, 3.05) is 13.7 Å². The Balaban J connectivity index is 2.65. The summed E-state index contributed by atoms with van der Waals surface area (Å²) in [5.41, 5.74) is 0. The van der Waals surface area contributed by atoms with Crippen LogP contribution >= 0.6 is 0 Å². The van der Waals surface area contributed by atoms with Gasteiger partial charge in [-0.15, -0.1) is 0 Å². The van der Waals surface area contributed by atoms with Gasteiger partial charge in [0.1, 0.15) is 11.8 Å². The molecule has 5 nitrogen and oxygen atoms in total. The molecule has 1 radical (unpaired) electrons. The van der Waals surface area contributed by atoms with Gasteiger partial charge in [0, 0.05) is 13.0 Å². The van der Waals surface area contributed by atoms with E-state index in [2.05, 4.69) is 4.74 Å². The topological polar surface area (TPSA) is 63.7 Å². The standard InChI is InChI=1S/C7H9BNO4/c1-13-7(12)6-2-5(11)3-9(6)8-4-10/h4,6H,2-3H2,1H3/t6-/m0/s1. The molecule has 6 heteroatoms. The van der Waals surface area contributed by atoms with E-state index in [1.54, 1.807) is 0 Å². The highest BCUT2D eigenvalue weighted by molar-refractivity contribution is 6.64. The number of nitrogens with zero attached hydrogens (tertiary/aromatic N) is 1. The van der Waals surface area contributed by atoms with Crippen molar-refractivity contribution in [3.05, 3.63) is 0 Å². The lowest BCUT2D eigenvalue weighted by molar-refractivity contribution is -0.144. The zero-order valence-corrected chi connectivity index (χ0v) is 7.23. The van der Waals surface area contributed by atoms with Crippen molar-refractivity contribution in [2.45, 2.75) is 12.5 Å². The van der Waals surface area contributed by atoms with E-state index in [1.807, 2.05) is 0 Å². The Morgan fingerprint density at radius 3 is 3.00 bits per heavy atom. The van der Waals surface area contributed by atoms with Crippen LogP contribution in [0.15, 0.2) is 0 Å². The Labute approximate surface area is 76.3 Å². The molecule has 1 aliphatic rings. The van der Waals surface area contributed by atoms with Gasteiger partial charge in [-0.3, -0.25) is 9.59 Å². The maximum absolute atomic E-state index is 11.1. The van der Waals surface area contributed by atoms with E-state index in [1.165, 1.54) is 19.3 Å². The second-order valence-corrected chi connectivity index (χ2v) is 2.74. The van der Waals surface area contributed by atoms with E-state index >= 15 is 0 Å². The number of ether oxygens (including phenoxy) is 1. The van der Waals surface area contributed by atoms with Crippen molar-refractivity contribution in [3.8, 4) is 0 Å².